The molecule has 132 valence electrons. The van der Waals surface area contributed by atoms with Crippen molar-refractivity contribution in [3.8, 4) is 5.75 Å². The van der Waals surface area contributed by atoms with Crippen molar-refractivity contribution in [2.75, 3.05) is 6.61 Å². The molecular formula is C20H17BrN2O3. The fourth-order valence-corrected chi connectivity index (χ4v) is 2.54. The molecule has 0 atom stereocenters. The highest BCUT2D eigenvalue weighted by atomic mass is 79.9. The molecule has 3 rings (SSSR count). The van der Waals surface area contributed by atoms with E-state index in [1.807, 2.05) is 48.5 Å². The lowest BCUT2D eigenvalue weighted by Gasteiger charge is -2.06. The maximum atomic E-state index is 11.8. The third-order valence-electron chi connectivity index (χ3n) is 3.46. The van der Waals surface area contributed by atoms with Gasteiger partial charge in [0.1, 0.15) is 11.5 Å². The molecule has 0 saturated heterocycles. The molecule has 1 amide bonds. The Kier molecular flexibility index (Phi) is 6.22. The molecule has 3 aromatic rings. The molecule has 0 aliphatic carbocycles. The predicted octanol–water partition coefficient (Wildman–Crippen LogP) is 4.49. The van der Waals surface area contributed by atoms with Crippen molar-refractivity contribution in [2.24, 2.45) is 4.99 Å². The summed E-state index contributed by atoms with van der Waals surface area (Å²) in [7, 11) is 0. The molecule has 1 N–H and O–H groups in total. The van der Waals surface area contributed by atoms with Crippen molar-refractivity contribution in [2.45, 2.75) is 6.54 Å². The van der Waals surface area contributed by atoms with Crippen molar-refractivity contribution in [1.29, 1.82) is 0 Å². The highest BCUT2D eigenvalue weighted by Gasteiger charge is 2.04. The summed E-state index contributed by atoms with van der Waals surface area (Å²) >= 11 is 3.42. The van der Waals surface area contributed by atoms with E-state index in [9.17, 15) is 4.79 Å². The number of rotatable bonds is 7. The molecule has 0 spiro atoms. The number of nitrogens with zero attached hydrogens (tertiary/aromatic N) is 1. The van der Waals surface area contributed by atoms with Gasteiger partial charge in [0, 0.05) is 10.7 Å². The largest absolute Gasteiger partial charge is 0.484 e. The molecular weight excluding hydrogens is 396 g/mol. The molecule has 1 aromatic heterocycles. The Labute approximate surface area is 159 Å². The molecule has 0 bridgehead atoms. The third-order valence-corrected chi connectivity index (χ3v) is 3.95. The first kappa shape index (κ1) is 17.9. The minimum atomic E-state index is -0.207. The normalized spacial score (nSPS) is 10.8. The van der Waals surface area contributed by atoms with Gasteiger partial charge in [-0.3, -0.25) is 9.79 Å². The van der Waals surface area contributed by atoms with Crippen LogP contribution in [0.1, 0.15) is 11.3 Å². The van der Waals surface area contributed by atoms with Crippen LogP contribution in [-0.4, -0.2) is 18.7 Å². The van der Waals surface area contributed by atoms with Gasteiger partial charge in [0.05, 0.1) is 18.5 Å². The SMILES string of the molecule is O=C(COc1ccc(C=Nc2cccc(Br)c2)cc1)NCc1ccco1. The summed E-state index contributed by atoms with van der Waals surface area (Å²) in [6.45, 7) is 0.298. The van der Waals surface area contributed by atoms with Crippen molar-refractivity contribution in [3.05, 3.63) is 82.7 Å². The standard InChI is InChI=1S/C20H17BrN2O3/c21-16-3-1-4-17(11-16)22-12-15-6-8-18(9-7-15)26-14-20(24)23-13-19-5-2-10-25-19/h1-12H,13-14H2,(H,23,24). The summed E-state index contributed by atoms with van der Waals surface area (Å²) in [5.74, 6) is 1.12. The van der Waals surface area contributed by atoms with Crippen LogP contribution in [-0.2, 0) is 11.3 Å². The van der Waals surface area contributed by atoms with Gasteiger partial charge in [-0.25, -0.2) is 0 Å². The predicted molar refractivity (Wildman–Crippen MR) is 104 cm³/mol. The lowest BCUT2D eigenvalue weighted by Crippen LogP contribution is -2.28. The first-order chi connectivity index (χ1) is 12.7. The number of ether oxygens (including phenoxy) is 1. The van der Waals surface area contributed by atoms with E-state index in [1.165, 1.54) is 0 Å². The Bertz CT molecular complexity index is 874. The maximum Gasteiger partial charge on any atom is 0.258 e. The highest BCUT2D eigenvalue weighted by molar-refractivity contribution is 9.10. The molecule has 0 radical (unpaired) electrons. The van der Waals surface area contributed by atoms with Gasteiger partial charge in [-0.1, -0.05) is 22.0 Å². The van der Waals surface area contributed by atoms with Crippen molar-refractivity contribution in [1.82, 2.24) is 5.32 Å². The van der Waals surface area contributed by atoms with Crippen LogP contribution in [0.3, 0.4) is 0 Å². The summed E-state index contributed by atoms with van der Waals surface area (Å²) in [4.78, 5) is 16.2. The molecule has 0 fully saturated rings. The van der Waals surface area contributed by atoms with E-state index in [0.29, 0.717) is 18.1 Å². The molecule has 2 aromatic carbocycles. The van der Waals surface area contributed by atoms with Gasteiger partial charge >= 0.3 is 0 Å². The minimum absolute atomic E-state index is 0.0494. The summed E-state index contributed by atoms with van der Waals surface area (Å²) in [6.07, 6.45) is 3.35. The summed E-state index contributed by atoms with van der Waals surface area (Å²) < 4.78 is 11.6. The van der Waals surface area contributed by atoms with Crippen molar-refractivity contribution in [3.63, 3.8) is 0 Å². The lowest BCUT2D eigenvalue weighted by atomic mass is 10.2. The van der Waals surface area contributed by atoms with Crippen LogP contribution in [0.25, 0.3) is 0 Å². The highest BCUT2D eigenvalue weighted by Crippen LogP contribution is 2.18. The molecule has 0 aliphatic heterocycles. The van der Waals surface area contributed by atoms with E-state index < -0.39 is 0 Å². The maximum absolute atomic E-state index is 11.8. The number of halogens is 1. The molecule has 0 aliphatic rings. The van der Waals surface area contributed by atoms with E-state index in [1.54, 1.807) is 24.6 Å². The molecule has 26 heavy (non-hydrogen) atoms. The van der Waals surface area contributed by atoms with E-state index in [4.69, 9.17) is 9.15 Å². The van der Waals surface area contributed by atoms with Crippen LogP contribution in [0.15, 0.2) is 80.8 Å². The molecule has 0 saturated carbocycles. The fourth-order valence-electron chi connectivity index (χ4n) is 2.15. The van der Waals surface area contributed by atoms with Gasteiger partial charge in [0.15, 0.2) is 6.61 Å². The van der Waals surface area contributed by atoms with Gasteiger partial charge in [0.2, 0.25) is 0 Å². The Balaban J connectivity index is 1.47. The minimum Gasteiger partial charge on any atom is -0.484 e. The quantitative estimate of drug-likeness (QED) is 0.581. The number of benzene rings is 2. The van der Waals surface area contributed by atoms with Crippen LogP contribution in [0, 0.1) is 0 Å². The number of carbonyl (C=O) groups is 1. The Hall–Kier alpha value is -2.86. The number of furan rings is 1. The monoisotopic (exact) mass is 412 g/mol. The second-order valence-corrected chi connectivity index (χ2v) is 6.37. The molecule has 0 unspecified atom stereocenters. The van der Waals surface area contributed by atoms with E-state index in [0.717, 1.165) is 15.7 Å². The van der Waals surface area contributed by atoms with Gasteiger partial charge in [0.25, 0.3) is 5.91 Å². The number of hydrogen-bond acceptors (Lipinski definition) is 4. The van der Waals surface area contributed by atoms with Crippen LogP contribution >= 0.6 is 15.9 Å². The van der Waals surface area contributed by atoms with Crippen LogP contribution in [0.5, 0.6) is 5.75 Å². The number of hydrogen-bond donors (Lipinski definition) is 1. The Morgan fingerprint density at radius 2 is 2.00 bits per heavy atom. The van der Waals surface area contributed by atoms with Crippen LogP contribution < -0.4 is 10.1 Å². The second kappa shape index (κ2) is 9.01. The zero-order valence-electron chi connectivity index (χ0n) is 13.9. The number of amides is 1. The average Bonchev–Trinajstić information content (AvgIpc) is 3.17. The average molecular weight is 413 g/mol. The van der Waals surface area contributed by atoms with Gasteiger partial charge < -0.3 is 14.5 Å². The summed E-state index contributed by atoms with van der Waals surface area (Å²) in [6, 6.07) is 18.7. The smallest absolute Gasteiger partial charge is 0.258 e. The van der Waals surface area contributed by atoms with Crippen molar-refractivity contribution < 1.29 is 13.9 Å². The number of carbonyl (C=O) groups excluding carboxylic acids is 1. The van der Waals surface area contributed by atoms with E-state index in [-0.39, 0.29) is 12.5 Å². The lowest BCUT2D eigenvalue weighted by molar-refractivity contribution is -0.123. The first-order valence-corrected chi connectivity index (χ1v) is 8.80. The van der Waals surface area contributed by atoms with Crippen LogP contribution in [0.2, 0.25) is 0 Å². The second-order valence-electron chi connectivity index (χ2n) is 5.45. The summed E-state index contributed by atoms with van der Waals surface area (Å²) in [5, 5.41) is 2.73. The topological polar surface area (TPSA) is 63.8 Å². The Morgan fingerprint density at radius 3 is 2.73 bits per heavy atom. The van der Waals surface area contributed by atoms with Gasteiger partial charge in [-0.15, -0.1) is 0 Å². The van der Waals surface area contributed by atoms with Gasteiger partial charge in [-0.05, 0) is 60.2 Å². The molecule has 6 heteroatoms. The zero-order valence-corrected chi connectivity index (χ0v) is 15.5. The molecule has 1 heterocycles. The zero-order chi connectivity index (χ0) is 18.2. The van der Waals surface area contributed by atoms with E-state index in [2.05, 4.69) is 26.2 Å². The van der Waals surface area contributed by atoms with Gasteiger partial charge in [-0.2, -0.15) is 0 Å². The molecule has 5 nitrogen and oxygen atoms in total. The third kappa shape index (κ3) is 5.60. The number of aliphatic imine (C=N–C) groups is 1. The Morgan fingerprint density at radius 1 is 1.15 bits per heavy atom. The van der Waals surface area contributed by atoms with E-state index >= 15 is 0 Å². The number of nitrogens with one attached hydrogen (secondary N) is 1. The first-order valence-electron chi connectivity index (χ1n) is 8.00. The summed E-state index contributed by atoms with van der Waals surface area (Å²) in [5.41, 5.74) is 1.81. The van der Waals surface area contributed by atoms with Crippen LogP contribution in [0.4, 0.5) is 5.69 Å². The fraction of sp³-hybridized carbons (Fsp3) is 0.100. The van der Waals surface area contributed by atoms with Crippen molar-refractivity contribution >= 4 is 33.7 Å².